The maximum atomic E-state index is 12.5. The van der Waals surface area contributed by atoms with Crippen molar-refractivity contribution >= 4 is 35.1 Å². The van der Waals surface area contributed by atoms with Crippen molar-refractivity contribution in [1.29, 1.82) is 0 Å². The molecule has 0 spiro atoms. The van der Waals surface area contributed by atoms with Crippen LogP contribution in [0.15, 0.2) is 18.2 Å². The lowest BCUT2D eigenvalue weighted by Crippen LogP contribution is -2.45. The number of likely N-dealkylation sites (N-methyl/N-ethyl adjacent to an activating group) is 1. The molecule has 5 nitrogen and oxygen atoms in total. The van der Waals surface area contributed by atoms with Crippen molar-refractivity contribution in [2.45, 2.75) is 25.8 Å². The van der Waals surface area contributed by atoms with Crippen molar-refractivity contribution in [2.24, 2.45) is 5.92 Å². The standard InChI is InChI=1S/C18H24Cl2N2O3/c1-12(15-5-4-14(19)10-16(15)20)21(2)11-17(23)22-8-6-13(7-9-22)18(24)25-3/h4-5,10,12-13H,6-9,11H2,1-3H3/t12-/m0/s1. The number of rotatable bonds is 5. The zero-order valence-corrected chi connectivity index (χ0v) is 16.3. The summed E-state index contributed by atoms with van der Waals surface area (Å²) in [4.78, 5) is 27.9. The first-order valence-corrected chi connectivity index (χ1v) is 9.10. The first-order chi connectivity index (χ1) is 11.8. The molecule has 0 saturated carbocycles. The second kappa shape index (κ2) is 8.88. The topological polar surface area (TPSA) is 49.9 Å². The van der Waals surface area contributed by atoms with Gasteiger partial charge >= 0.3 is 5.97 Å². The SMILES string of the molecule is COC(=O)C1CCN(C(=O)CN(C)[C@@H](C)c2ccc(Cl)cc2Cl)CC1. The molecule has 1 aliphatic rings. The third-order valence-electron chi connectivity index (χ3n) is 4.84. The molecule has 0 radical (unpaired) electrons. The van der Waals surface area contributed by atoms with Gasteiger partial charge in [0.2, 0.25) is 5.91 Å². The van der Waals surface area contributed by atoms with Crippen LogP contribution in [0, 0.1) is 5.92 Å². The molecular weight excluding hydrogens is 363 g/mol. The number of nitrogens with zero attached hydrogens (tertiary/aromatic N) is 2. The zero-order chi connectivity index (χ0) is 18.6. The normalized spacial score (nSPS) is 16.8. The summed E-state index contributed by atoms with van der Waals surface area (Å²) in [5.74, 6) is -0.225. The molecule has 7 heteroatoms. The van der Waals surface area contributed by atoms with E-state index in [1.165, 1.54) is 7.11 Å². The van der Waals surface area contributed by atoms with Gasteiger partial charge in [-0.25, -0.2) is 0 Å². The molecule has 2 rings (SSSR count). The minimum atomic E-state index is -0.185. The number of piperidine rings is 1. The van der Waals surface area contributed by atoms with E-state index in [1.54, 1.807) is 12.1 Å². The van der Waals surface area contributed by atoms with E-state index in [2.05, 4.69) is 0 Å². The molecule has 0 N–H and O–H groups in total. The largest absolute Gasteiger partial charge is 0.469 e. The maximum absolute atomic E-state index is 12.5. The van der Waals surface area contributed by atoms with Crippen LogP contribution in [0.1, 0.15) is 31.4 Å². The minimum Gasteiger partial charge on any atom is -0.469 e. The molecule has 1 amide bonds. The quantitative estimate of drug-likeness (QED) is 0.727. The summed E-state index contributed by atoms with van der Waals surface area (Å²) in [7, 11) is 3.30. The summed E-state index contributed by atoms with van der Waals surface area (Å²) in [5, 5.41) is 1.19. The third kappa shape index (κ3) is 5.09. The van der Waals surface area contributed by atoms with Crippen molar-refractivity contribution in [3.8, 4) is 0 Å². The molecule has 0 aliphatic carbocycles. The van der Waals surface area contributed by atoms with E-state index in [-0.39, 0.29) is 23.8 Å². The lowest BCUT2D eigenvalue weighted by molar-refractivity contribution is -0.149. The second-order valence-electron chi connectivity index (χ2n) is 6.44. The zero-order valence-electron chi connectivity index (χ0n) is 14.8. The van der Waals surface area contributed by atoms with Gasteiger partial charge in [0.15, 0.2) is 0 Å². The summed E-state index contributed by atoms with van der Waals surface area (Å²) >= 11 is 12.2. The van der Waals surface area contributed by atoms with Crippen molar-refractivity contribution in [3.63, 3.8) is 0 Å². The molecule has 1 aliphatic heterocycles. The van der Waals surface area contributed by atoms with Crippen LogP contribution < -0.4 is 0 Å². The van der Waals surface area contributed by atoms with Crippen LogP contribution in [0.3, 0.4) is 0 Å². The van der Waals surface area contributed by atoms with E-state index < -0.39 is 0 Å². The molecule has 1 saturated heterocycles. The van der Waals surface area contributed by atoms with E-state index in [4.69, 9.17) is 27.9 Å². The molecule has 25 heavy (non-hydrogen) atoms. The predicted octanol–water partition coefficient (Wildman–Crippen LogP) is 3.40. The highest BCUT2D eigenvalue weighted by Crippen LogP contribution is 2.29. The summed E-state index contributed by atoms with van der Waals surface area (Å²) < 4.78 is 4.78. The number of esters is 1. The number of hydrogen-bond donors (Lipinski definition) is 0. The summed E-state index contributed by atoms with van der Waals surface area (Å²) in [6, 6.07) is 5.38. The Balaban J connectivity index is 1.91. The Kier molecular flexibility index (Phi) is 7.11. The fourth-order valence-electron chi connectivity index (χ4n) is 3.06. The monoisotopic (exact) mass is 386 g/mol. The Bertz CT molecular complexity index is 631. The molecule has 1 atom stereocenters. The van der Waals surface area contributed by atoms with E-state index in [0.29, 0.717) is 42.5 Å². The second-order valence-corrected chi connectivity index (χ2v) is 7.28. The van der Waals surface area contributed by atoms with E-state index >= 15 is 0 Å². The van der Waals surface area contributed by atoms with Gasteiger partial charge < -0.3 is 9.64 Å². The van der Waals surface area contributed by atoms with Crippen molar-refractivity contribution < 1.29 is 14.3 Å². The highest BCUT2D eigenvalue weighted by atomic mass is 35.5. The van der Waals surface area contributed by atoms with Crippen LogP contribution in [-0.2, 0) is 14.3 Å². The van der Waals surface area contributed by atoms with Gasteiger partial charge in [-0.05, 0) is 44.5 Å². The minimum absolute atomic E-state index is 0.0127. The number of likely N-dealkylation sites (tertiary alicyclic amines) is 1. The Morgan fingerprint density at radius 2 is 1.96 bits per heavy atom. The fourth-order valence-corrected chi connectivity index (χ4v) is 3.63. The third-order valence-corrected chi connectivity index (χ3v) is 5.40. The lowest BCUT2D eigenvalue weighted by atomic mass is 9.97. The van der Waals surface area contributed by atoms with E-state index in [1.807, 2.05) is 29.8 Å². The molecule has 0 aromatic heterocycles. The smallest absolute Gasteiger partial charge is 0.308 e. The number of halogens is 2. The average Bonchev–Trinajstić information content (AvgIpc) is 2.60. The molecule has 1 aromatic rings. The van der Waals surface area contributed by atoms with Gasteiger partial charge in [0, 0.05) is 29.2 Å². The lowest BCUT2D eigenvalue weighted by Gasteiger charge is -2.33. The van der Waals surface area contributed by atoms with Crippen LogP contribution in [0.2, 0.25) is 10.0 Å². The molecule has 138 valence electrons. The number of amides is 1. The molecule has 0 unspecified atom stereocenters. The Labute approximate surface area is 158 Å². The highest BCUT2D eigenvalue weighted by Gasteiger charge is 2.28. The van der Waals surface area contributed by atoms with Crippen molar-refractivity contribution in [3.05, 3.63) is 33.8 Å². The number of hydrogen-bond acceptors (Lipinski definition) is 4. The van der Waals surface area contributed by atoms with Crippen LogP contribution >= 0.6 is 23.2 Å². The number of methoxy groups -OCH3 is 1. The molecule has 1 aromatic carbocycles. The van der Waals surface area contributed by atoms with E-state index in [0.717, 1.165) is 5.56 Å². The van der Waals surface area contributed by atoms with Crippen molar-refractivity contribution in [1.82, 2.24) is 9.80 Å². The number of ether oxygens (including phenoxy) is 1. The molecular formula is C18H24Cl2N2O3. The predicted molar refractivity (Wildman–Crippen MR) is 98.8 cm³/mol. The fraction of sp³-hybridized carbons (Fsp3) is 0.556. The van der Waals surface area contributed by atoms with Gasteiger partial charge in [-0.2, -0.15) is 0 Å². The first-order valence-electron chi connectivity index (χ1n) is 8.34. The van der Waals surface area contributed by atoms with Gasteiger partial charge in [-0.1, -0.05) is 29.3 Å². The van der Waals surface area contributed by atoms with Crippen LogP contribution in [0.4, 0.5) is 0 Å². The summed E-state index contributed by atoms with van der Waals surface area (Å²) in [5.41, 5.74) is 0.936. The van der Waals surface area contributed by atoms with Gasteiger partial charge in [-0.15, -0.1) is 0 Å². The van der Waals surface area contributed by atoms with Crippen molar-refractivity contribution in [2.75, 3.05) is 33.8 Å². The average molecular weight is 387 g/mol. The summed E-state index contributed by atoms with van der Waals surface area (Å²) in [6.45, 7) is 3.47. The Morgan fingerprint density at radius 1 is 1.32 bits per heavy atom. The first kappa shape index (κ1) is 20.0. The van der Waals surface area contributed by atoms with Crippen LogP contribution in [0.25, 0.3) is 0 Å². The molecule has 0 bridgehead atoms. The Morgan fingerprint density at radius 3 is 2.52 bits per heavy atom. The van der Waals surface area contributed by atoms with Gasteiger partial charge in [-0.3, -0.25) is 14.5 Å². The maximum Gasteiger partial charge on any atom is 0.308 e. The molecule has 1 fully saturated rings. The summed E-state index contributed by atoms with van der Waals surface area (Å²) in [6.07, 6.45) is 1.31. The molecule has 1 heterocycles. The van der Waals surface area contributed by atoms with Gasteiger partial charge in [0.25, 0.3) is 0 Å². The number of benzene rings is 1. The Hall–Kier alpha value is -1.30. The number of carbonyl (C=O) groups is 2. The van der Waals surface area contributed by atoms with Gasteiger partial charge in [0.05, 0.1) is 19.6 Å². The highest BCUT2D eigenvalue weighted by molar-refractivity contribution is 6.35. The van der Waals surface area contributed by atoms with Crippen LogP contribution in [-0.4, -0.2) is 55.5 Å². The van der Waals surface area contributed by atoms with Crippen LogP contribution in [0.5, 0.6) is 0 Å². The van der Waals surface area contributed by atoms with Gasteiger partial charge in [0.1, 0.15) is 0 Å². The number of carbonyl (C=O) groups excluding carboxylic acids is 2. The van der Waals surface area contributed by atoms with E-state index in [9.17, 15) is 9.59 Å².